The average Bonchev–Trinajstić information content (AvgIpc) is 3.16. The Labute approximate surface area is 178 Å². The maximum absolute atomic E-state index is 13.3. The van der Waals surface area contributed by atoms with Crippen molar-refractivity contribution in [2.75, 3.05) is 19.6 Å². The van der Waals surface area contributed by atoms with Gasteiger partial charge in [0.15, 0.2) is 0 Å². The number of hydrogen-bond acceptors (Lipinski definition) is 3. The number of hydrazone groups is 1. The van der Waals surface area contributed by atoms with Crippen molar-refractivity contribution in [1.82, 2.24) is 9.91 Å². The van der Waals surface area contributed by atoms with E-state index in [-0.39, 0.29) is 11.9 Å². The molecule has 1 saturated heterocycles. The standard InChI is InChI=1S/C24H28ClN3O/c1-17-7-9-19(10-8-17)23-15-22(20-5-3-4-6-21(20)25)26-28(23)24(29)16-27-13-11-18(2)12-14-27/h3-10,18,23H,11-16H2,1-2H3/t23-/m1/s1. The maximum atomic E-state index is 13.3. The summed E-state index contributed by atoms with van der Waals surface area (Å²) in [4.78, 5) is 15.5. The molecule has 29 heavy (non-hydrogen) atoms. The summed E-state index contributed by atoms with van der Waals surface area (Å²) in [5, 5.41) is 7.14. The molecule has 0 radical (unpaired) electrons. The van der Waals surface area contributed by atoms with Crippen molar-refractivity contribution in [2.45, 2.75) is 39.2 Å². The normalized spacial score (nSPS) is 20.7. The lowest BCUT2D eigenvalue weighted by Gasteiger charge is -2.31. The first-order chi connectivity index (χ1) is 14.0. The second-order valence-corrected chi connectivity index (χ2v) is 8.76. The highest BCUT2D eigenvalue weighted by Crippen LogP contribution is 2.34. The lowest BCUT2D eigenvalue weighted by molar-refractivity contribution is -0.134. The molecule has 0 saturated carbocycles. The maximum Gasteiger partial charge on any atom is 0.257 e. The van der Waals surface area contributed by atoms with E-state index in [1.807, 2.05) is 24.3 Å². The smallest absolute Gasteiger partial charge is 0.257 e. The van der Waals surface area contributed by atoms with Crippen LogP contribution in [0.5, 0.6) is 0 Å². The molecule has 2 aliphatic rings. The third-order valence-electron chi connectivity index (χ3n) is 6.05. The molecule has 152 valence electrons. The van der Waals surface area contributed by atoms with Crippen molar-refractivity contribution in [2.24, 2.45) is 11.0 Å². The Morgan fingerprint density at radius 3 is 2.48 bits per heavy atom. The molecule has 2 aliphatic heterocycles. The van der Waals surface area contributed by atoms with E-state index in [1.54, 1.807) is 5.01 Å². The molecule has 2 heterocycles. The summed E-state index contributed by atoms with van der Waals surface area (Å²) < 4.78 is 0. The van der Waals surface area contributed by atoms with Gasteiger partial charge in [0.05, 0.1) is 18.3 Å². The van der Waals surface area contributed by atoms with Gasteiger partial charge < -0.3 is 0 Å². The van der Waals surface area contributed by atoms with Crippen LogP contribution in [0.1, 0.15) is 48.9 Å². The van der Waals surface area contributed by atoms with Gasteiger partial charge in [-0.2, -0.15) is 5.10 Å². The molecule has 1 amide bonds. The summed E-state index contributed by atoms with van der Waals surface area (Å²) in [5.41, 5.74) is 4.11. The molecule has 0 aromatic heterocycles. The van der Waals surface area contributed by atoms with Crippen LogP contribution < -0.4 is 0 Å². The molecule has 0 aliphatic carbocycles. The third-order valence-corrected chi connectivity index (χ3v) is 6.38. The van der Waals surface area contributed by atoms with Crippen molar-refractivity contribution in [3.8, 4) is 0 Å². The topological polar surface area (TPSA) is 35.9 Å². The SMILES string of the molecule is Cc1ccc([C@H]2CC(c3ccccc3Cl)=NN2C(=O)CN2CCC(C)CC2)cc1. The highest BCUT2D eigenvalue weighted by Gasteiger charge is 2.34. The molecule has 4 nitrogen and oxygen atoms in total. The zero-order valence-corrected chi connectivity index (χ0v) is 17.9. The van der Waals surface area contributed by atoms with Crippen LogP contribution in [0, 0.1) is 12.8 Å². The predicted molar refractivity (Wildman–Crippen MR) is 118 cm³/mol. The second kappa shape index (κ2) is 8.68. The number of piperidine rings is 1. The van der Waals surface area contributed by atoms with Crippen LogP contribution in [0.2, 0.25) is 5.02 Å². The minimum absolute atomic E-state index is 0.0622. The first kappa shape index (κ1) is 20.1. The Morgan fingerprint density at radius 1 is 1.10 bits per heavy atom. The van der Waals surface area contributed by atoms with Crippen LogP contribution in [0.15, 0.2) is 53.6 Å². The number of carbonyl (C=O) groups is 1. The summed E-state index contributed by atoms with van der Waals surface area (Å²) >= 11 is 6.42. The first-order valence-corrected chi connectivity index (χ1v) is 10.8. The van der Waals surface area contributed by atoms with Crippen molar-refractivity contribution >= 4 is 23.2 Å². The van der Waals surface area contributed by atoms with Gasteiger partial charge in [0.2, 0.25) is 0 Å². The summed E-state index contributed by atoms with van der Waals surface area (Å²) in [5.74, 6) is 0.811. The van der Waals surface area contributed by atoms with E-state index < -0.39 is 0 Å². The molecule has 0 N–H and O–H groups in total. The van der Waals surface area contributed by atoms with E-state index in [9.17, 15) is 4.79 Å². The van der Waals surface area contributed by atoms with Gasteiger partial charge in [0.25, 0.3) is 5.91 Å². The average molecular weight is 410 g/mol. The largest absolute Gasteiger partial charge is 0.294 e. The fourth-order valence-corrected chi connectivity index (χ4v) is 4.38. The number of nitrogens with zero attached hydrogens (tertiary/aromatic N) is 3. The summed E-state index contributed by atoms with van der Waals surface area (Å²) in [6, 6.07) is 16.0. The van der Waals surface area contributed by atoms with Gasteiger partial charge in [-0.15, -0.1) is 0 Å². The Kier molecular flexibility index (Phi) is 6.02. The summed E-state index contributed by atoms with van der Waals surface area (Å²) in [7, 11) is 0. The predicted octanol–water partition coefficient (Wildman–Crippen LogP) is 5.06. The second-order valence-electron chi connectivity index (χ2n) is 8.35. The highest BCUT2D eigenvalue weighted by molar-refractivity contribution is 6.34. The van der Waals surface area contributed by atoms with Gasteiger partial charge in [-0.25, -0.2) is 5.01 Å². The van der Waals surface area contributed by atoms with Gasteiger partial charge >= 0.3 is 0 Å². The van der Waals surface area contributed by atoms with Crippen molar-refractivity contribution < 1.29 is 4.79 Å². The zero-order valence-electron chi connectivity index (χ0n) is 17.1. The molecular weight excluding hydrogens is 382 g/mol. The molecule has 2 aromatic rings. The van der Waals surface area contributed by atoms with Gasteiger partial charge in [0.1, 0.15) is 0 Å². The number of likely N-dealkylation sites (tertiary alicyclic amines) is 1. The summed E-state index contributed by atoms with van der Waals surface area (Å²) in [6.45, 7) is 6.75. The molecule has 2 aromatic carbocycles. The van der Waals surface area contributed by atoms with E-state index in [4.69, 9.17) is 16.7 Å². The van der Waals surface area contributed by atoms with Crippen molar-refractivity contribution in [3.63, 3.8) is 0 Å². The fourth-order valence-electron chi connectivity index (χ4n) is 4.13. The van der Waals surface area contributed by atoms with Gasteiger partial charge in [0, 0.05) is 17.0 Å². The number of amides is 1. The Hall–Kier alpha value is -2.17. The van der Waals surface area contributed by atoms with E-state index >= 15 is 0 Å². The van der Waals surface area contributed by atoms with E-state index in [1.165, 1.54) is 5.56 Å². The highest BCUT2D eigenvalue weighted by atomic mass is 35.5. The van der Waals surface area contributed by atoms with E-state index in [0.717, 1.165) is 48.7 Å². The number of benzene rings is 2. The zero-order chi connectivity index (χ0) is 20.4. The number of halogens is 1. The Balaban J connectivity index is 1.59. The minimum Gasteiger partial charge on any atom is -0.294 e. The molecule has 0 bridgehead atoms. The van der Waals surface area contributed by atoms with Gasteiger partial charge in [-0.1, -0.05) is 66.6 Å². The van der Waals surface area contributed by atoms with Gasteiger partial charge in [-0.05, 0) is 50.4 Å². The quantitative estimate of drug-likeness (QED) is 0.707. The van der Waals surface area contributed by atoms with Crippen molar-refractivity contribution in [1.29, 1.82) is 0 Å². The lowest BCUT2D eigenvalue weighted by Crippen LogP contribution is -2.41. The Morgan fingerprint density at radius 2 is 1.79 bits per heavy atom. The molecule has 5 heteroatoms. The monoisotopic (exact) mass is 409 g/mol. The molecule has 0 spiro atoms. The number of carbonyl (C=O) groups excluding carboxylic acids is 1. The van der Waals surface area contributed by atoms with Crippen LogP contribution in [0.3, 0.4) is 0 Å². The Bertz CT molecular complexity index is 901. The number of hydrogen-bond donors (Lipinski definition) is 0. The van der Waals surface area contributed by atoms with Crippen molar-refractivity contribution in [3.05, 3.63) is 70.2 Å². The molecule has 1 atom stereocenters. The van der Waals surface area contributed by atoms with Crippen LogP contribution in [-0.2, 0) is 4.79 Å². The first-order valence-electron chi connectivity index (χ1n) is 10.4. The van der Waals surface area contributed by atoms with E-state index in [0.29, 0.717) is 18.0 Å². The molecule has 1 fully saturated rings. The van der Waals surface area contributed by atoms with Crippen LogP contribution in [-0.4, -0.2) is 41.2 Å². The number of aryl methyl sites for hydroxylation is 1. The summed E-state index contributed by atoms with van der Waals surface area (Å²) in [6.07, 6.45) is 2.99. The molecule has 0 unspecified atom stereocenters. The number of rotatable bonds is 4. The van der Waals surface area contributed by atoms with Crippen LogP contribution in [0.4, 0.5) is 0 Å². The minimum atomic E-state index is -0.0851. The third kappa shape index (κ3) is 4.54. The fraction of sp³-hybridized carbons (Fsp3) is 0.417. The molecule has 4 rings (SSSR count). The van der Waals surface area contributed by atoms with Crippen LogP contribution >= 0.6 is 11.6 Å². The van der Waals surface area contributed by atoms with Gasteiger partial charge in [-0.3, -0.25) is 9.69 Å². The molecular formula is C24H28ClN3O. The van der Waals surface area contributed by atoms with E-state index in [2.05, 4.69) is 43.0 Å². The van der Waals surface area contributed by atoms with Crippen LogP contribution in [0.25, 0.3) is 0 Å². The lowest BCUT2D eigenvalue weighted by atomic mass is 9.97.